The molecule has 5 nitrogen and oxygen atoms in total. The van der Waals surface area contributed by atoms with Crippen LogP contribution in [0.25, 0.3) is 0 Å². The second-order valence-electron chi connectivity index (χ2n) is 3.98. The van der Waals surface area contributed by atoms with Crippen LogP contribution >= 0.6 is 0 Å². The Morgan fingerprint density at radius 1 is 1.31 bits per heavy atom. The number of carbonyl (C=O) groups is 2. The van der Waals surface area contributed by atoms with Gasteiger partial charge in [-0.1, -0.05) is 20.3 Å². The van der Waals surface area contributed by atoms with Crippen LogP contribution < -0.4 is 5.73 Å². The number of carboxylic acid groups (broad SMARTS) is 1. The summed E-state index contributed by atoms with van der Waals surface area (Å²) in [5.41, 5.74) is 5.51. The van der Waals surface area contributed by atoms with Crippen LogP contribution in [0.15, 0.2) is 0 Å². The van der Waals surface area contributed by atoms with Gasteiger partial charge in [-0.2, -0.15) is 0 Å². The molecule has 0 fully saturated rings. The van der Waals surface area contributed by atoms with E-state index in [4.69, 9.17) is 10.8 Å². The second kappa shape index (κ2) is 7.22. The Bertz CT molecular complexity index is 239. The zero-order chi connectivity index (χ0) is 12.7. The van der Waals surface area contributed by atoms with E-state index in [1.807, 2.05) is 6.92 Å². The topological polar surface area (TPSA) is 83.6 Å². The quantitative estimate of drug-likeness (QED) is 0.673. The lowest BCUT2D eigenvalue weighted by atomic mass is 10.0. The van der Waals surface area contributed by atoms with Crippen molar-refractivity contribution in [2.24, 2.45) is 11.7 Å². The van der Waals surface area contributed by atoms with Gasteiger partial charge in [-0.05, 0) is 18.9 Å². The third kappa shape index (κ3) is 4.18. The van der Waals surface area contributed by atoms with E-state index in [-0.39, 0.29) is 11.8 Å². The molecular formula is C11H22N2O3. The van der Waals surface area contributed by atoms with Crippen molar-refractivity contribution in [3.63, 3.8) is 0 Å². The minimum atomic E-state index is -0.959. The van der Waals surface area contributed by atoms with E-state index in [9.17, 15) is 9.59 Å². The first-order chi connectivity index (χ1) is 7.47. The van der Waals surface area contributed by atoms with Gasteiger partial charge in [-0.25, -0.2) is 4.79 Å². The van der Waals surface area contributed by atoms with E-state index in [1.165, 1.54) is 11.9 Å². The maximum absolute atomic E-state index is 11.8. The van der Waals surface area contributed by atoms with Crippen molar-refractivity contribution >= 4 is 11.9 Å². The summed E-state index contributed by atoms with van der Waals surface area (Å²) in [6, 6.07) is -0.734. The number of nitrogens with two attached hydrogens (primary N) is 1. The molecule has 0 bridgehead atoms. The van der Waals surface area contributed by atoms with Gasteiger partial charge < -0.3 is 15.7 Å². The Hall–Kier alpha value is -1.10. The Kier molecular flexibility index (Phi) is 6.72. The van der Waals surface area contributed by atoms with Gasteiger partial charge in [0, 0.05) is 13.5 Å². The zero-order valence-electron chi connectivity index (χ0n) is 10.3. The third-order valence-corrected chi connectivity index (χ3v) is 2.91. The molecule has 94 valence electrons. The summed E-state index contributed by atoms with van der Waals surface area (Å²) in [6.07, 6.45) is 1.57. The van der Waals surface area contributed by atoms with E-state index >= 15 is 0 Å². The maximum atomic E-state index is 11.8. The fourth-order valence-corrected chi connectivity index (χ4v) is 1.57. The van der Waals surface area contributed by atoms with Crippen molar-refractivity contribution in [3.8, 4) is 0 Å². The highest BCUT2D eigenvalue weighted by Crippen LogP contribution is 2.11. The molecule has 2 unspecified atom stereocenters. The number of aliphatic carboxylic acids is 1. The maximum Gasteiger partial charge on any atom is 0.326 e. The Labute approximate surface area is 96.6 Å². The lowest BCUT2D eigenvalue weighted by Crippen LogP contribution is -2.42. The van der Waals surface area contributed by atoms with E-state index in [0.717, 1.165) is 6.42 Å². The average Bonchev–Trinajstić information content (AvgIpc) is 2.25. The summed E-state index contributed by atoms with van der Waals surface area (Å²) in [6.45, 7) is 4.18. The normalized spacial score (nSPS) is 14.2. The van der Waals surface area contributed by atoms with Gasteiger partial charge in [-0.3, -0.25) is 4.79 Å². The molecule has 0 saturated heterocycles. The fourth-order valence-electron chi connectivity index (χ4n) is 1.57. The lowest BCUT2D eigenvalue weighted by molar-refractivity contribution is -0.149. The van der Waals surface area contributed by atoms with Crippen LogP contribution in [0.2, 0.25) is 0 Å². The van der Waals surface area contributed by atoms with Gasteiger partial charge in [0.25, 0.3) is 0 Å². The van der Waals surface area contributed by atoms with Gasteiger partial charge in [-0.15, -0.1) is 0 Å². The van der Waals surface area contributed by atoms with Crippen LogP contribution in [0.5, 0.6) is 0 Å². The number of hydrogen-bond donors (Lipinski definition) is 2. The summed E-state index contributed by atoms with van der Waals surface area (Å²) in [5.74, 6) is -0.966. The SMILES string of the molecule is CCC(CN)CC(=O)N(C)C(CC)C(=O)O. The molecule has 2 atom stereocenters. The molecule has 0 aliphatic carbocycles. The summed E-state index contributed by atoms with van der Waals surface area (Å²) in [7, 11) is 1.54. The molecule has 0 aromatic heterocycles. The third-order valence-electron chi connectivity index (χ3n) is 2.91. The number of amides is 1. The molecule has 0 rings (SSSR count). The molecule has 0 aliphatic rings. The van der Waals surface area contributed by atoms with E-state index in [1.54, 1.807) is 6.92 Å². The standard InChI is InChI=1S/C11H22N2O3/c1-4-8(7-12)6-10(14)13(3)9(5-2)11(15)16/h8-9H,4-7,12H2,1-3H3,(H,15,16). The first-order valence-corrected chi connectivity index (χ1v) is 5.66. The zero-order valence-corrected chi connectivity index (χ0v) is 10.3. The average molecular weight is 230 g/mol. The van der Waals surface area contributed by atoms with Gasteiger partial charge in [0.15, 0.2) is 0 Å². The highest BCUT2D eigenvalue weighted by Gasteiger charge is 2.25. The van der Waals surface area contributed by atoms with Crippen LogP contribution in [0.3, 0.4) is 0 Å². The van der Waals surface area contributed by atoms with E-state index in [2.05, 4.69) is 0 Å². The Morgan fingerprint density at radius 3 is 2.19 bits per heavy atom. The fraction of sp³-hybridized carbons (Fsp3) is 0.818. The molecule has 3 N–H and O–H groups in total. The van der Waals surface area contributed by atoms with E-state index in [0.29, 0.717) is 19.4 Å². The molecule has 0 radical (unpaired) electrons. The molecule has 0 saturated carbocycles. The Morgan fingerprint density at radius 2 is 1.88 bits per heavy atom. The van der Waals surface area contributed by atoms with Crippen LogP contribution in [0, 0.1) is 5.92 Å². The molecule has 0 heterocycles. The summed E-state index contributed by atoms with van der Waals surface area (Å²) < 4.78 is 0. The predicted octanol–water partition coefficient (Wildman–Crippen LogP) is 0.683. The summed E-state index contributed by atoms with van der Waals surface area (Å²) in [5, 5.41) is 8.92. The molecule has 0 aromatic carbocycles. The predicted molar refractivity (Wildman–Crippen MR) is 61.9 cm³/mol. The minimum absolute atomic E-state index is 0.140. The minimum Gasteiger partial charge on any atom is -0.480 e. The molecule has 5 heteroatoms. The van der Waals surface area contributed by atoms with Gasteiger partial charge >= 0.3 is 5.97 Å². The smallest absolute Gasteiger partial charge is 0.326 e. The Balaban J connectivity index is 4.41. The summed E-state index contributed by atoms with van der Waals surface area (Å²) >= 11 is 0. The van der Waals surface area contributed by atoms with E-state index < -0.39 is 12.0 Å². The van der Waals surface area contributed by atoms with Crippen molar-refractivity contribution < 1.29 is 14.7 Å². The van der Waals surface area contributed by atoms with Gasteiger partial charge in [0.05, 0.1) is 0 Å². The lowest BCUT2D eigenvalue weighted by Gasteiger charge is -2.25. The van der Waals surface area contributed by atoms with Crippen LogP contribution in [-0.2, 0) is 9.59 Å². The van der Waals surface area contributed by atoms with Crippen molar-refractivity contribution in [3.05, 3.63) is 0 Å². The van der Waals surface area contributed by atoms with Crippen molar-refractivity contribution in [1.29, 1.82) is 0 Å². The number of carbonyl (C=O) groups excluding carboxylic acids is 1. The molecular weight excluding hydrogens is 208 g/mol. The number of carboxylic acids is 1. The summed E-state index contributed by atoms with van der Waals surface area (Å²) in [4.78, 5) is 24.0. The molecule has 1 amide bonds. The number of nitrogens with zero attached hydrogens (tertiary/aromatic N) is 1. The largest absolute Gasteiger partial charge is 0.480 e. The van der Waals surface area contributed by atoms with Gasteiger partial charge in [0.1, 0.15) is 6.04 Å². The number of likely N-dealkylation sites (N-methyl/N-ethyl adjacent to an activating group) is 1. The number of rotatable bonds is 7. The van der Waals surface area contributed by atoms with Crippen LogP contribution in [0.1, 0.15) is 33.1 Å². The molecule has 0 spiro atoms. The van der Waals surface area contributed by atoms with Gasteiger partial charge in [0.2, 0.25) is 5.91 Å². The first-order valence-electron chi connectivity index (χ1n) is 5.66. The van der Waals surface area contributed by atoms with Crippen molar-refractivity contribution in [2.75, 3.05) is 13.6 Å². The second-order valence-corrected chi connectivity index (χ2v) is 3.98. The van der Waals surface area contributed by atoms with Crippen LogP contribution in [0.4, 0.5) is 0 Å². The van der Waals surface area contributed by atoms with Crippen LogP contribution in [-0.4, -0.2) is 41.5 Å². The van der Waals surface area contributed by atoms with Crippen molar-refractivity contribution in [1.82, 2.24) is 4.90 Å². The highest BCUT2D eigenvalue weighted by atomic mass is 16.4. The first kappa shape index (κ1) is 14.9. The molecule has 0 aliphatic heterocycles. The monoisotopic (exact) mass is 230 g/mol. The molecule has 16 heavy (non-hydrogen) atoms. The highest BCUT2D eigenvalue weighted by molar-refractivity contribution is 5.83. The number of hydrogen-bond acceptors (Lipinski definition) is 3. The molecule has 0 aromatic rings. The van der Waals surface area contributed by atoms with Crippen molar-refractivity contribution in [2.45, 2.75) is 39.2 Å².